The Bertz CT molecular complexity index is 641. The van der Waals surface area contributed by atoms with Gasteiger partial charge in [0.1, 0.15) is 11.0 Å². The Hall–Kier alpha value is -1.42. The predicted octanol–water partition coefficient (Wildman–Crippen LogP) is 2.64. The van der Waals surface area contributed by atoms with Gasteiger partial charge in [-0.2, -0.15) is 18.3 Å². The minimum absolute atomic E-state index is 0.0151. The van der Waals surface area contributed by atoms with E-state index in [1.54, 1.807) is 11.7 Å². The molecule has 0 saturated heterocycles. The molecule has 0 aliphatic rings. The molecule has 2 aromatic rings. The zero-order valence-electron chi connectivity index (χ0n) is 9.82. The van der Waals surface area contributed by atoms with E-state index in [9.17, 15) is 18.0 Å². The predicted molar refractivity (Wildman–Crippen MR) is 71.7 cm³/mol. The van der Waals surface area contributed by atoms with Gasteiger partial charge in [0, 0.05) is 11.1 Å². The van der Waals surface area contributed by atoms with Crippen molar-refractivity contribution < 1.29 is 13.2 Å². The zero-order chi connectivity index (χ0) is 14.8. The number of nitrogens with one attached hydrogen (secondary N) is 1. The number of rotatable bonds is 4. The maximum atomic E-state index is 12.3. The van der Waals surface area contributed by atoms with Crippen LogP contribution in [0.3, 0.4) is 0 Å². The van der Waals surface area contributed by atoms with Gasteiger partial charge < -0.3 is 5.32 Å². The van der Waals surface area contributed by atoms with Crippen molar-refractivity contribution in [2.45, 2.75) is 19.3 Å². The van der Waals surface area contributed by atoms with Crippen LogP contribution in [0.5, 0.6) is 0 Å². The molecule has 1 N–H and O–H groups in total. The molecule has 2 heterocycles. The van der Waals surface area contributed by atoms with Crippen LogP contribution in [0.2, 0.25) is 0 Å². The van der Waals surface area contributed by atoms with E-state index in [2.05, 4.69) is 31.3 Å². The van der Waals surface area contributed by atoms with Crippen LogP contribution in [0.15, 0.2) is 27.2 Å². The maximum Gasteiger partial charge on any atom is 0.408 e. The summed E-state index contributed by atoms with van der Waals surface area (Å²) in [7, 11) is 0. The number of halogens is 4. The van der Waals surface area contributed by atoms with Crippen LogP contribution in [0.4, 0.5) is 18.9 Å². The van der Waals surface area contributed by atoms with E-state index < -0.39 is 18.3 Å². The minimum atomic E-state index is -4.49. The second-order valence-electron chi connectivity index (χ2n) is 3.77. The van der Waals surface area contributed by atoms with Gasteiger partial charge >= 0.3 is 6.18 Å². The Morgan fingerprint density at radius 2 is 2.15 bits per heavy atom. The average Bonchev–Trinajstić information content (AvgIpc) is 2.86. The van der Waals surface area contributed by atoms with Gasteiger partial charge in [-0.1, -0.05) is 0 Å². The third-order valence-electron chi connectivity index (χ3n) is 2.25. The van der Waals surface area contributed by atoms with E-state index in [0.29, 0.717) is 16.9 Å². The largest absolute Gasteiger partial charge is 0.408 e. The summed E-state index contributed by atoms with van der Waals surface area (Å²) in [6.07, 6.45) is -1.66. The van der Waals surface area contributed by atoms with Crippen LogP contribution >= 0.6 is 27.3 Å². The van der Waals surface area contributed by atoms with Gasteiger partial charge in [0.25, 0.3) is 5.56 Å². The van der Waals surface area contributed by atoms with Crippen LogP contribution < -0.4 is 10.9 Å². The van der Waals surface area contributed by atoms with Crippen molar-refractivity contribution in [2.24, 2.45) is 0 Å². The summed E-state index contributed by atoms with van der Waals surface area (Å²) in [5.74, 6) is 0. The first-order chi connectivity index (χ1) is 9.37. The summed E-state index contributed by atoms with van der Waals surface area (Å²) in [4.78, 5) is 16.5. The molecule has 0 amide bonds. The molecule has 10 heteroatoms. The Balaban J connectivity index is 2.16. The fourth-order valence-electron chi connectivity index (χ4n) is 1.38. The lowest BCUT2D eigenvalue weighted by Gasteiger charge is -2.11. The third-order valence-corrected chi connectivity index (χ3v) is 3.80. The number of aromatic nitrogens is 3. The summed E-state index contributed by atoms with van der Waals surface area (Å²) >= 11 is 4.41. The van der Waals surface area contributed by atoms with Crippen molar-refractivity contribution in [1.82, 2.24) is 14.8 Å². The molecular formula is C10H8BrF3N4OS. The van der Waals surface area contributed by atoms with Gasteiger partial charge in [0.2, 0.25) is 0 Å². The fourth-order valence-corrected chi connectivity index (χ4v) is 2.36. The number of hydrogen-bond donors (Lipinski definition) is 1. The normalized spacial score (nSPS) is 11.6. The molecular weight excluding hydrogens is 361 g/mol. The van der Waals surface area contributed by atoms with E-state index in [0.717, 1.165) is 4.88 Å². The molecule has 0 spiro atoms. The molecule has 0 fully saturated rings. The second kappa shape index (κ2) is 5.92. The molecule has 2 aromatic heterocycles. The molecule has 0 aliphatic carbocycles. The highest BCUT2D eigenvalue weighted by atomic mass is 79.9. The van der Waals surface area contributed by atoms with E-state index in [1.165, 1.54) is 17.5 Å². The first kappa shape index (κ1) is 15.0. The van der Waals surface area contributed by atoms with Gasteiger partial charge in [0.05, 0.1) is 23.9 Å². The molecule has 5 nitrogen and oxygen atoms in total. The van der Waals surface area contributed by atoms with Crippen LogP contribution in [-0.4, -0.2) is 20.9 Å². The Morgan fingerprint density at radius 1 is 1.40 bits per heavy atom. The van der Waals surface area contributed by atoms with E-state index in [1.807, 2.05) is 0 Å². The number of alkyl halides is 3. The lowest BCUT2D eigenvalue weighted by molar-refractivity contribution is -0.143. The van der Waals surface area contributed by atoms with Crippen LogP contribution in [0.1, 0.15) is 4.88 Å². The standard InChI is InChI=1S/C10H8BrF3N4OS/c11-8-7(16-2-6-1-15-5-20-6)3-17-18(9(8)19)4-10(12,13)14/h1,3,5,16H,2,4H2. The van der Waals surface area contributed by atoms with Crippen LogP contribution in [0.25, 0.3) is 0 Å². The molecule has 0 radical (unpaired) electrons. The van der Waals surface area contributed by atoms with E-state index >= 15 is 0 Å². The monoisotopic (exact) mass is 368 g/mol. The maximum absolute atomic E-state index is 12.3. The number of thiazole rings is 1. The molecule has 108 valence electrons. The summed E-state index contributed by atoms with van der Waals surface area (Å²) < 4.78 is 37.1. The fraction of sp³-hybridized carbons (Fsp3) is 0.300. The number of hydrogen-bond acceptors (Lipinski definition) is 5. The molecule has 0 bridgehead atoms. The Kier molecular flexibility index (Phi) is 4.43. The molecule has 0 saturated carbocycles. The van der Waals surface area contributed by atoms with Crippen molar-refractivity contribution in [3.8, 4) is 0 Å². The topological polar surface area (TPSA) is 59.8 Å². The van der Waals surface area contributed by atoms with Crippen LogP contribution in [-0.2, 0) is 13.1 Å². The van der Waals surface area contributed by atoms with E-state index in [4.69, 9.17) is 0 Å². The van der Waals surface area contributed by atoms with Crippen LogP contribution in [0, 0.1) is 0 Å². The molecule has 0 atom stereocenters. The van der Waals surface area contributed by atoms with Gasteiger partial charge in [-0.25, -0.2) is 4.68 Å². The lowest BCUT2D eigenvalue weighted by atomic mass is 10.4. The molecule has 0 aromatic carbocycles. The number of nitrogens with zero attached hydrogens (tertiary/aromatic N) is 3. The van der Waals surface area contributed by atoms with Crippen molar-refractivity contribution >= 4 is 33.0 Å². The third kappa shape index (κ3) is 3.79. The van der Waals surface area contributed by atoms with Gasteiger partial charge in [-0.05, 0) is 15.9 Å². The van der Waals surface area contributed by atoms with E-state index in [-0.39, 0.29) is 4.47 Å². The summed E-state index contributed by atoms with van der Waals surface area (Å²) in [6.45, 7) is -1.01. The minimum Gasteiger partial charge on any atom is -0.378 e. The van der Waals surface area contributed by atoms with Crippen molar-refractivity contribution in [1.29, 1.82) is 0 Å². The SMILES string of the molecule is O=c1c(Br)c(NCc2cncs2)cnn1CC(F)(F)F. The highest BCUT2D eigenvalue weighted by Gasteiger charge is 2.29. The lowest BCUT2D eigenvalue weighted by Crippen LogP contribution is -2.31. The quantitative estimate of drug-likeness (QED) is 0.900. The Morgan fingerprint density at radius 3 is 2.75 bits per heavy atom. The second-order valence-corrected chi connectivity index (χ2v) is 5.54. The highest BCUT2D eigenvalue weighted by molar-refractivity contribution is 9.10. The average molecular weight is 369 g/mol. The summed E-state index contributed by atoms with van der Waals surface area (Å²) in [5.41, 5.74) is 1.16. The van der Waals surface area contributed by atoms with Gasteiger partial charge in [0.15, 0.2) is 0 Å². The highest BCUT2D eigenvalue weighted by Crippen LogP contribution is 2.20. The molecule has 0 unspecified atom stereocenters. The first-order valence-electron chi connectivity index (χ1n) is 5.30. The molecule has 2 rings (SSSR count). The molecule has 20 heavy (non-hydrogen) atoms. The number of anilines is 1. The summed E-state index contributed by atoms with van der Waals surface area (Å²) in [5, 5.41) is 6.42. The van der Waals surface area contributed by atoms with Gasteiger partial charge in [-0.3, -0.25) is 9.78 Å². The first-order valence-corrected chi connectivity index (χ1v) is 6.97. The van der Waals surface area contributed by atoms with Crippen molar-refractivity contribution in [2.75, 3.05) is 5.32 Å². The Labute approximate surface area is 123 Å². The smallest absolute Gasteiger partial charge is 0.378 e. The van der Waals surface area contributed by atoms with Crippen molar-refractivity contribution in [3.63, 3.8) is 0 Å². The van der Waals surface area contributed by atoms with Gasteiger partial charge in [-0.15, -0.1) is 11.3 Å². The summed E-state index contributed by atoms with van der Waals surface area (Å²) in [6, 6.07) is 0. The zero-order valence-corrected chi connectivity index (χ0v) is 12.2. The molecule has 0 aliphatic heterocycles. The van der Waals surface area contributed by atoms with Crippen molar-refractivity contribution in [3.05, 3.63) is 37.6 Å².